The summed E-state index contributed by atoms with van der Waals surface area (Å²) in [6.45, 7) is 6.59. The van der Waals surface area contributed by atoms with Crippen molar-refractivity contribution in [1.82, 2.24) is 0 Å². The highest BCUT2D eigenvalue weighted by Gasteiger charge is 2.19. The Labute approximate surface area is 122 Å². The van der Waals surface area contributed by atoms with Gasteiger partial charge in [-0.25, -0.2) is 0 Å². The Bertz CT molecular complexity index is 541. The van der Waals surface area contributed by atoms with Crippen molar-refractivity contribution in [3.8, 4) is 0 Å². The standard InChI is InChI=1S/C19H25N/c1-15(2)18-11-7-10-17(12-18)14-19(3,20)13-16-8-5-4-6-9-16/h4-12,15H,13-14,20H2,1-3H3. The molecule has 0 amide bonds. The summed E-state index contributed by atoms with van der Waals surface area (Å²) in [5.41, 5.74) is 10.3. The van der Waals surface area contributed by atoms with Crippen molar-refractivity contribution < 1.29 is 0 Å². The Morgan fingerprint density at radius 1 is 0.900 bits per heavy atom. The maximum atomic E-state index is 6.51. The normalized spacial score (nSPS) is 14.2. The van der Waals surface area contributed by atoms with Crippen LogP contribution in [0.2, 0.25) is 0 Å². The van der Waals surface area contributed by atoms with Gasteiger partial charge in [-0.15, -0.1) is 0 Å². The molecule has 20 heavy (non-hydrogen) atoms. The van der Waals surface area contributed by atoms with Crippen LogP contribution in [0, 0.1) is 0 Å². The Hall–Kier alpha value is -1.60. The molecule has 0 radical (unpaired) electrons. The molecule has 2 rings (SSSR count). The maximum Gasteiger partial charge on any atom is 0.0207 e. The molecule has 1 nitrogen and oxygen atoms in total. The summed E-state index contributed by atoms with van der Waals surface area (Å²) in [4.78, 5) is 0. The third-order valence-electron chi connectivity index (χ3n) is 3.68. The first-order chi connectivity index (χ1) is 9.46. The van der Waals surface area contributed by atoms with E-state index in [1.54, 1.807) is 0 Å². The molecular formula is C19H25N. The molecule has 0 heterocycles. The van der Waals surface area contributed by atoms with E-state index in [9.17, 15) is 0 Å². The molecule has 106 valence electrons. The van der Waals surface area contributed by atoms with E-state index < -0.39 is 0 Å². The molecule has 0 spiro atoms. The fraction of sp³-hybridized carbons (Fsp3) is 0.368. The largest absolute Gasteiger partial charge is 0.325 e. The summed E-state index contributed by atoms with van der Waals surface area (Å²) in [6.07, 6.45) is 1.81. The average Bonchev–Trinajstić information content (AvgIpc) is 2.39. The van der Waals surface area contributed by atoms with Crippen LogP contribution in [0.1, 0.15) is 43.4 Å². The predicted molar refractivity (Wildman–Crippen MR) is 87.0 cm³/mol. The van der Waals surface area contributed by atoms with Gasteiger partial charge in [-0.1, -0.05) is 68.4 Å². The monoisotopic (exact) mass is 267 g/mol. The maximum absolute atomic E-state index is 6.51. The van der Waals surface area contributed by atoms with Crippen LogP contribution in [-0.2, 0) is 12.8 Å². The Kier molecular flexibility index (Phi) is 4.61. The molecule has 1 unspecified atom stereocenters. The molecule has 1 atom stereocenters. The molecule has 2 aromatic carbocycles. The number of rotatable bonds is 5. The second-order valence-electron chi connectivity index (χ2n) is 6.39. The first-order valence-electron chi connectivity index (χ1n) is 7.38. The first-order valence-corrected chi connectivity index (χ1v) is 7.38. The third kappa shape index (κ3) is 4.21. The highest BCUT2D eigenvalue weighted by atomic mass is 14.7. The molecular weight excluding hydrogens is 242 g/mol. The molecule has 0 aromatic heterocycles. The molecule has 2 N–H and O–H groups in total. The molecule has 0 aliphatic rings. The summed E-state index contributed by atoms with van der Waals surface area (Å²) < 4.78 is 0. The fourth-order valence-electron chi connectivity index (χ4n) is 2.65. The predicted octanol–water partition coefficient (Wildman–Crippen LogP) is 4.31. The van der Waals surface area contributed by atoms with Gasteiger partial charge in [-0.3, -0.25) is 0 Å². The van der Waals surface area contributed by atoms with Gasteiger partial charge in [-0.05, 0) is 42.4 Å². The lowest BCUT2D eigenvalue weighted by atomic mass is 9.86. The Morgan fingerprint density at radius 3 is 2.15 bits per heavy atom. The zero-order chi connectivity index (χ0) is 14.6. The van der Waals surface area contributed by atoms with E-state index >= 15 is 0 Å². The lowest BCUT2D eigenvalue weighted by Crippen LogP contribution is -2.40. The molecule has 0 bridgehead atoms. The van der Waals surface area contributed by atoms with Gasteiger partial charge in [-0.2, -0.15) is 0 Å². The van der Waals surface area contributed by atoms with Gasteiger partial charge in [0.1, 0.15) is 0 Å². The molecule has 0 fully saturated rings. The first kappa shape index (κ1) is 14.8. The van der Waals surface area contributed by atoms with Crippen molar-refractivity contribution in [3.63, 3.8) is 0 Å². The van der Waals surface area contributed by atoms with Crippen LogP contribution in [0.15, 0.2) is 54.6 Å². The number of nitrogens with two attached hydrogens (primary N) is 1. The van der Waals surface area contributed by atoms with Gasteiger partial charge < -0.3 is 5.73 Å². The minimum absolute atomic E-state index is 0.211. The number of benzene rings is 2. The van der Waals surface area contributed by atoms with Crippen LogP contribution in [0.4, 0.5) is 0 Å². The molecule has 0 aliphatic heterocycles. The second-order valence-corrected chi connectivity index (χ2v) is 6.39. The molecule has 0 aliphatic carbocycles. The van der Waals surface area contributed by atoms with Crippen molar-refractivity contribution in [2.24, 2.45) is 5.73 Å². The lowest BCUT2D eigenvalue weighted by molar-refractivity contribution is 0.462. The van der Waals surface area contributed by atoms with Crippen LogP contribution in [0.25, 0.3) is 0 Å². The van der Waals surface area contributed by atoms with Crippen LogP contribution in [0.5, 0.6) is 0 Å². The van der Waals surface area contributed by atoms with Gasteiger partial charge in [0.15, 0.2) is 0 Å². The summed E-state index contributed by atoms with van der Waals surface area (Å²) in [5, 5.41) is 0. The van der Waals surface area contributed by atoms with Crippen LogP contribution >= 0.6 is 0 Å². The van der Waals surface area contributed by atoms with Crippen molar-refractivity contribution in [2.75, 3.05) is 0 Å². The summed E-state index contributed by atoms with van der Waals surface area (Å²) in [7, 11) is 0. The minimum atomic E-state index is -0.211. The van der Waals surface area contributed by atoms with Crippen molar-refractivity contribution in [3.05, 3.63) is 71.3 Å². The lowest BCUT2D eigenvalue weighted by Gasteiger charge is -2.25. The van der Waals surface area contributed by atoms with E-state index in [4.69, 9.17) is 5.73 Å². The van der Waals surface area contributed by atoms with Gasteiger partial charge in [0.25, 0.3) is 0 Å². The molecule has 2 aromatic rings. The number of hydrogen-bond donors (Lipinski definition) is 1. The van der Waals surface area contributed by atoms with Gasteiger partial charge in [0.2, 0.25) is 0 Å². The van der Waals surface area contributed by atoms with E-state index in [0.717, 1.165) is 12.8 Å². The van der Waals surface area contributed by atoms with Gasteiger partial charge >= 0.3 is 0 Å². The second kappa shape index (κ2) is 6.23. The SMILES string of the molecule is CC(C)c1cccc(CC(C)(N)Cc2ccccc2)c1. The molecule has 0 saturated carbocycles. The van der Waals surface area contributed by atoms with Crippen LogP contribution in [-0.4, -0.2) is 5.54 Å². The quantitative estimate of drug-likeness (QED) is 0.858. The van der Waals surface area contributed by atoms with Crippen LogP contribution < -0.4 is 5.73 Å². The summed E-state index contributed by atoms with van der Waals surface area (Å²) >= 11 is 0. The summed E-state index contributed by atoms with van der Waals surface area (Å²) in [6, 6.07) is 19.3. The fourth-order valence-corrected chi connectivity index (χ4v) is 2.65. The minimum Gasteiger partial charge on any atom is -0.325 e. The van der Waals surface area contributed by atoms with Gasteiger partial charge in [0, 0.05) is 5.54 Å². The van der Waals surface area contributed by atoms with Crippen molar-refractivity contribution in [2.45, 2.75) is 45.1 Å². The topological polar surface area (TPSA) is 26.0 Å². The van der Waals surface area contributed by atoms with E-state index in [1.807, 2.05) is 6.07 Å². The molecule has 1 heteroatoms. The zero-order valence-electron chi connectivity index (χ0n) is 12.8. The van der Waals surface area contributed by atoms with E-state index in [-0.39, 0.29) is 5.54 Å². The highest BCUT2D eigenvalue weighted by molar-refractivity contribution is 5.28. The zero-order valence-corrected chi connectivity index (χ0v) is 12.8. The third-order valence-corrected chi connectivity index (χ3v) is 3.68. The van der Waals surface area contributed by atoms with E-state index in [1.165, 1.54) is 16.7 Å². The van der Waals surface area contributed by atoms with Gasteiger partial charge in [0.05, 0.1) is 0 Å². The highest BCUT2D eigenvalue weighted by Crippen LogP contribution is 2.20. The van der Waals surface area contributed by atoms with Crippen molar-refractivity contribution in [1.29, 1.82) is 0 Å². The van der Waals surface area contributed by atoms with Crippen LogP contribution in [0.3, 0.4) is 0 Å². The number of hydrogen-bond acceptors (Lipinski definition) is 1. The smallest absolute Gasteiger partial charge is 0.0207 e. The van der Waals surface area contributed by atoms with E-state index in [0.29, 0.717) is 5.92 Å². The Morgan fingerprint density at radius 2 is 1.50 bits per heavy atom. The average molecular weight is 267 g/mol. The summed E-state index contributed by atoms with van der Waals surface area (Å²) in [5.74, 6) is 0.563. The Balaban J connectivity index is 2.09. The van der Waals surface area contributed by atoms with E-state index in [2.05, 4.69) is 69.3 Å². The van der Waals surface area contributed by atoms with Crippen molar-refractivity contribution >= 4 is 0 Å². The molecule has 0 saturated heterocycles.